The first-order valence-electron chi connectivity index (χ1n) is 10.3. The highest BCUT2D eigenvalue weighted by atomic mass is 32.2. The minimum atomic E-state index is -4.18. The Morgan fingerprint density at radius 1 is 0.939 bits per heavy atom. The predicted octanol–water partition coefficient (Wildman–Crippen LogP) is 4.44. The maximum absolute atomic E-state index is 13.3. The lowest BCUT2D eigenvalue weighted by atomic mass is 10.1. The minimum Gasteiger partial charge on any atom is -0.494 e. The number of sulfonamides is 1. The van der Waals surface area contributed by atoms with Gasteiger partial charge in [-0.1, -0.05) is 12.1 Å². The molecule has 0 fully saturated rings. The molecule has 9 heteroatoms. The average Bonchev–Trinajstić information content (AvgIpc) is 2.79. The molecule has 0 saturated heterocycles. The summed E-state index contributed by atoms with van der Waals surface area (Å²) < 4.78 is 59.5. The number of nitrogens with one attached hydrogen (secondary N) is 1. The molecule has 0 radical (unpaired) electrons. The summed E-state index contributed by atoms with van der Waals surface area (Å²) in [6, 6.07) is 15.8. The summed E-state index contributed by atoms with van der Waals surface area (Å²) in [5, 5.41) is 2.73. The van der Waals surface area contributed by atoms with E-state index in [9.17, 15) is 22.0 Å². The molecular weight excluding hydrogens is 450 g/mol. The van der Waals surface area contributed by atoms with Gasteiger partial charge < -0.3 is 10.1 Å². The van der Waals surface area contributed by atoms with Crippen LogP contribution in [0.25, 0.3) is 0 Å². The molecule has 3 aromatic carbocycles. The fraction of sp³-hybridized carbons (Fsp3) is 0.208. The zero-order valence-corrected chi connectivity index (χ0v) is 19.0. The second-order valence-electron chi connectivity index (χ2n) is 7.23. The number of carbonyl (C=O) groups excluding carboxylic acids is 1. The van der Waals surface area contributed by atoms with Crippen LogP contribution in [0.3, 0.4) is 0 Å². The minimum absolute atomic E-state index is 0.155. The lowest BCUT2D eigenvalue weighted by molar-refractivity contribution is -0.120. The summed E-state index contributed by atoms with van der Waals surface area (Å²) in [6.07, 6.45) is 0. The Hall–Kier alpha value is -3.46. The summed E-state index contributed by atoms with van der Waals surface area (Å²) in [5.41, 5.74) is 0.908. The number of hydrogen-bond donors (Lipinski definition) is 1. The molecule has 1 N–H and O–H groups in total. The van der Waals surface area contributed by atoms with E-state index in [1.807, 2.05) is 6.92 Å². The zero-order chi connectivity index (χ0) is 24.0. The van der Waals surface area contributed by atoms with Gasteiger partial charge in [0.05, 0.1) is 23.2 Å². The number of amides is 1. The molecule has 0 heterocycles. The van der Waals surface area contributed by atoms with E-state index in [0.717, 1.165) is 28.6 Å². The first-order chi connectivity index (χ1) is 15.7. The van der Waals surface area contributed by atoms with Crippen molar-refractivity contribution in [2.75, 3.05) is 17.5 Å². The molecule has 0 aliphatic carbocycles. The Morgan fingerprint density at radius 2 is 1.48 bits per heavy atom. The first-order valence-corrected chi connectivity index (χ1v) is 11.7. The molecule has 174 valence electrons. The molecule has 0 bridgehead atoms. The van der Waals surface area contributed by atoms with E-state index >= 15 is 0 Å². The maximum atomic E-state index is 13.3. The van der Waals surface area contributed by atoms with Crippen molar-refractivity contribution >= 4 is 21.6 Å². The van der Waals surface area contributed by atoms with Crippen LogP contribution < -0.4 is 14.4 Å². The molecule has 0 aromatic heterocycles. The lowest BCUT2D eigenvalue weighted by Gasteiger charge is -2.25. The molecule has 3 rings (SSSR count). The van der Waals surface area contributed by atoms with Crippen LogP contribution in [0, 0.1) is 11.6 Å². The Morgan fingerprint density at radius 3 is 2.03 bits per heavy atom. The maximum Gasteiger partial charge on any atom is 0.264 e. The van der Waals surface area contributed by atoms with E-state index in [0.29, 0.717) is 17.9 Å². The second-order valence-corrected chi connectivity index (χ2v) is 9.10. The van der Waals surface area contributed by atoms with Crippen molar-refractivity contribution in [3.05, 3.63) is 90.0 Å². The van der Waals surface area contributed by atoms with E-state index in [1.165, 1.54) is 24.3 Å². The fourth-order valence-electron chi connectivity index (χ4n) is 3.18. The Kier molecular flexibility index (Phi) is 7.65. The van der Waals surface area contributed by atoms with Crippen molar-refractivity contribution in [3.8, 4) is 5.75 Å². The first kappa shape index (κ1) is 24.2. The van der Waals surface area contributed by atoms with Crippen LogP contribution in [0.15, 0.2) is 77.7 Å². The summed E-state index contributed by atoms with van der Waals surface area (Å²) in [6.45, 7) is 3.46. The number of rotatable bonds is 9. The van der Waals surface area contributed by atoms with Crippen molar-refractivity contribution in [2.24, 2.45) is 0 Å². The summed E-state index contributed by atoms with van der Waals surface area (Å²) in [4.78, 5) is 12.6. The SMILES string of the molecule is CCOc1ccc(N(CC(=O)N[C@@H](C)c2ccc(F)cc2)S(=O)(=O)c2ccc(F)cc2)cc1. The highest BCUT2D eigenvalue weighted by molar-refractivity contribution is 7.92. The van der Waals surface area contributed by atoms with E-state index in [2.05, 4.69) is 5.32 Å². The molecular formula is C24H24F2N2O4S. The van der Waals surface area contributed by atoms with Gasteiger partial charge >= 0.3 is 0 Å². The smallest absolute Gasteiger partial charge is 0.264 e. The van der Waals surface area contributed by atoms with Crippen LogP contribution in [0.1, 0.15) is 25.5 Å². The lowest BCUT2D eigenvalue weighted by Crippen LogP contribution is -2.41. The van der Waals surface area contributed by atoms with Crippen LogP contribution in [0.5, 0.6) is 5.75 Å². The summed E-state index contributed by atoms with van der Waals surface area (Å²) >= 11 is 0. The number of anilines is 1. The standard InChI is InChI=1S/C24H24F2N2O4S/c1-3-32-22-12-10-21(11-13-22)28(33(30,31)23-14-8-20(26)9-15-23)16-24(29)27-17(2)18-4-6-19(25)7-5-18/h4-15,17H,3,16H2,1-2H3,(H,27,29)/t17-/m0/s1. The topological polar surface area (TPSA) is 75.7 Å². The largest absolute Gasteiger partial charge is 0.494 e. The summed E-state index contributed by atoms with van der Waals surface area (Å²) in [7, 11) is -4.18. The van der Waals surface area contributed by atoms with Gasteiger partial charge in [0.25, 0.3) is 10.0 Å². The highest BCUT2D eigenvalue weighted by Crippen LogP contribution is 2.26. The van der Waals surface area contributed by atoms with Crippen LogP contribution in [0.4, 0.5) is 14.5 Å². The molecule has 0 aliphatic rings. The predicted molar refractivity (Wildman–Crippen MR) is 122 cm³/mol. The molecule has 6 nitrogen and oxygen atoms in total. The number of nitrogens with zero attached hydrogens (tertiary/aromatic N) is 1. The Bertz CT molecular complexity index is 1180. The second kappa shape index (κ2) is 10.4. The molecule has 0 aliphatic heterocycles. The quantitative estimate of drug-likeness (QED) is 0.498. The highest BCUT2D eigenvalue weighted by Gasteiger charge is 2.28. The van der Waals surface area contributed by atoms with Gasteiger partial charge in [0, 0.05) is 0 Å². The fourth-order valence-corrected chi connectivity index (χ4v) is 4.60. The van der Waals surface area contributed by atoms with Gasteiger partial charge in [0.2, 0.25) is 5.91 Å². The number of ether oxygens (including phenoxy) is 1. The van der Waals surface area contributed by atoms with Gasteiger partial charge in [-0.2, -0.15) is 0 Å². The Labute approximate surface area is 191 Å². The number of benzene rings is 3. The van der Waals surface area contributed by atoms with Crippen molar-refractivity contribution in [1.29, 1.82) is 0 Å². The molecule has 33 heavy (non-hydrogen) atoms. The van der Waals surface area contributed by atoms with Gasteiger partial charge in [-0.25, -0.2) is 17.2 Å². The molecule has 1 amide bonds. The number of carbonyl (C=O) groups is 1. The monoisotopic (exact) mass is 474 g/mol. The summed E-state index contributed by atoms with van der Waals surface area (Å²) in [5.74, 6) is -0.988. The Balaban J connectivity index is 1.88. The van der Waals surface area contributed by atoms with Gasteiger partial charge in [0.1, 0.15) is 23.9 Å². The molecule has 0 unspecified atom stereocenters. The number of hydrogen-bond acceptors (Lipinski definition) is 4. The van der Waals surface area contributed by atoms with Crippen molar-refractivity contribution in [3.63, 3.8) is 0 Å². The third-order valence-corrected chi connectivity index (χ3v) is 6.66. The third kappa shape index (κ3) is 6.07. The van der Waals surface area contributed by atoms with Crippen LogP contribution in [-0.4, -0.2) is 27.5 Å². The molecule has 0 saturated carbocycles. The molecule has 1 atom stereocenters. The van der Waals surface area contributed by atoms with Crippen molar-refractivity contribution < 1.29 is 26.7 Å². The molecule has 3 aromatic rings. The van der Waals surface area contributed by atoms with E-state index < -0.39 is 40.2 Å². The van der Waals surface area contributed by atoms with Crippen molar-refractivity contribution in [1.82, 2.24) is 5.32 Å². The van der Waals surface area contributed by atoms with E-state index in [-0.39, 0.29) is 10.6 Å². The van der Waals surface area contributed by atoms with Gasteiger partial charge in [-0.3, -0.25) is 9.10 Å². The average molecular weight is 475 g/mol. The van der Waals surface area contributed by atoms with Gasteiger partial charge in [-0.15, -0.1) is 0 Å². The zero-order valence-electron chi connectivity index (χ0n) is 18.2. The van der Waals surface area contributed by atoms with Crippen LogP contribution >= 0.6 is 0 Å². The van der Waals surface area contributed by atoms with Crippen LogP contribution in [0.2, 0.25) is 0 Å². The van der Waals surface area contributed by atoms with Gasteiger partial charge in [-0.05, 0) is 80.1 Å². The van der Waals surface area contributed by atoms with E-state index in [4.69, 9.17) is 4.74 Å². The van der Waals surface area contributed by atoms with E-state index in [1.54, 1.807) is 31.2 Å². The van der Waals surface area contributed by atoms with Crippen molar-refractivity contribution in [2.45, 2.75) is 24.8 Å². The van der Waals surface area contributed by atoms with Gasteiger partial charge in [0.15, 0.2) is 0 Å². The number of halogens is 2. The third-order valence-electron chi connectivity index (χ3n) is 4.87. The van der Waals surface area contributed by atoms with Crippen LogP contribution in [-0.2, 0) is 14.8 Å². The molecule has 0 spiro atoms. The normalized spacial score (nSPS) is 12.1.